The molecule has 1 fully saturated rings. The van der Waals surface area contributed by atoms with E-state index in [0.717, 1.165) is 12.8 Å². The smallest absolute Gasteiger partial charge is 0.313 e. The molecule has 0 bridgehead atoms. The summed E-state index contributed by atoms with van der Waals surface area (Å²) in [4.78, 5) is 27.1. The Morgan fingerprint density at radius 1 is 1.19 bits per heavy atom. The Bertz CT molecular complexity index is 927. The van der Waals surface area contributed by atoms with Gasteiger partial charge < -0.3 is 10.0 Å². The van der Waals surface area contributed by atoms with Crippen LogP contribution in [0.2, 0.25) is 0 Å². The number of nitriles is 1. The van der Waals surface area contributed by atoms with Crippen LogP contribution in [-0.4, -0.2) is 28.4 Å². The summed E-state index contributed by atoms with van der Waals surface area (Å²) in [5.74, 6) is -1.51. The molecule has 2 atom stereocenters. The summed E-state index contributed by atoms with van der Waals surface area (Å²) < 4.78 is 0. The van der Waals surface area contributed by atoms with E-state index in [9.17, 15) is 20.0 Å². The average molecular weight is 346 g/mol. The number of carboxylic acid groups (broad SMARTS) is 1. The van der Waals surface area contributed by atoms with Gasteiger partial charge in [-0.05, 0) is 48.1 Å². The fourth-order valence-electron chi connectivity index (χ4n) is 3.80. The molecule has 0 aromatic heterocycles. The minimum atomic E-state index is -0.960. The van der Waals surface area contributed by atoms with Crippen LogP contribution in [0.5, 0.6) is 0 Å². The molecule has 26 heavy (non-hydrogen) atoms. The SMILES string of the molecule is N#Cc1cccc([C@H]2[C@@H](C(=O)O)c3ccccc3C(=O)N2CC2CC2)c1. The lowest BCUT2D eigenvalue weighted by molar-refractivity contribution is -0.140. The van der Waals surface area contributed by atoms with E-state index in [4.69, 9.17) is 0 Å². The zero-order chi connectivity index (χ0) is 18.3. The van der Waals surface area contributed by atoms with E-state index in [1.54, 1.807) is 47.4 Å². The molecule has 5 heteroatoms. The van der Waals surface area contributed by atoms with Crippen molar-refractivity contribution in [2.75, 3.05) is 6.54 Å². The molecule has 1 N–H and O–H groups in total. The summed E-state index contributed by atoms with van der Waals surface area (Å²) in [6.07, 6.45) is 2.13. The van der Waals surface area contributed by atoms with Crippen LogP contribution >= 0.6 is 0 Å². The topological polar surface area (TPSA) is 81.4 Å². The molecule has 0 radical (unpaired) electrons. The second kappa shape index (κ2) is 6.30. The van der Waals surface area contributed by atoms with Crippen molar-refractivity contribution in [1.29, 1.82) is 5.26 Å². The van der Waals surface area contributed by atoms with Gasteiger partial charge in [-0.1, -0.05) is 30.3 Å². The van der Waals surface area contributed by atoms with E-state index in [1.165, 1.54) is 0 Å². The van der Waals surface area contributed by atoms with Gasteiger partial charge in [0.15, 0.2) is 0 Å². The van der Waals surface area contributed by atoms with Crippen LogP contribution in [0.1, 0.15) is 51.8 Å². The monoisotopic (exact) mass is 346 g/mol. The lowest BCUT2D eigenvalue weighted by atomic mass is 9.79. The molecule has 2 aliphatic rings. The number of carbonyl (C=O) groups is 2. The molecule has 1 amide bonds. The van der Waals surface area contributed by atoms with Gasteiger partial charge in [0.25, 0.3) is 5.91 Å². The van der Waals surface area contributed by atoms with E-state index in [0.29, 0.717) is 34.7 Å². The fraction of sp³-hybridized carbons (Fsp3) is 0.286. The van der Waals surface area contributed by atoms with Crippen molar-refractivity contribution in [1.82, 2.24) is 4.90 Å². The lowest BCUT2D eigenvalue weighted by Crippen LogP contribution is -2.45. The van der Waals surface area contributed by atoms with Crippen LogP contribution in [0.3, 0.4) is 0 Å². The highest BCUT2D eigenvalue weighted by Gasteiger charge is 2.45. The molecule has 1 heterocycles. The quantitative estimate of drug-likeness (QED) is 0.920. The zero-order valence-corrected chi connectivity index (χ0v) is 14.1. The molecule has 130 valence electrons. The summed E-state index contributed by atoms with van der Waals surface area (Å²) in [6.45, 7) is 0.554. The third-order valence-corrected chi connectivity index (χ3v) is 5.21. The van der Waals surface area contributed by atoms with Gasteiger partial charge in [-0.2, -0.15) is 5.26 Å². The maximum atomic E-state index is 13.2. The Balaban J connectivity index is 1.89. The third-order valence-electron chi connectivity index (χ3n) is 5.21. The Kier molecular flexibility index (Phi) is 3.96. The van der Waals surface area contributed by atoms with Crippen molar-refractivity contribution in [3.8, 4) is 6.07 Å². The van der Waals surface area contributed by atoms with E-state index < -0.39 is 17.9 Å². The van der Waals surface area contributed by atoms with E-state index in [-0.39, 0.29) is 5.91 Å². The molecular weight excluding hydrogens is 328 g/mol. The Morgan fingerprint density at radius 3 is 2.65 bits per heavy atom. The van der Waals surface area contributed by atoms with Crippen LogP contribution in [-0.2, 0) is 4.79 Å². The zero-order valence-electron chi connectivity index (χ0n) is 14.1. The number of rotatable bonds is 4. The van der Waals surface area contributed by atoms with Crippen LogP contribution in [0, 0.1) is 17.2 Å². The van der Waals surface area contributed by atoms with Crippen molar-refractivity contribution in [2.45, 2.75) is 24.8 Å². The number of fused-ring (bicyclic) bond motifs is 1. The Labute approximate surface area is 151 Å². The van der Waals surface area contributed by atoms with Crippen LogP contribution in [0.25, 0.3) is 0 Å². The number of hydrogen-bond donors (Lipinski definition) is 1. The van der Waals surface area contributed by atoms with Crippen LogP contribution in [0.4, 0.5) is 0 Å². The van der Waals surface area contributed by atoms with Crippen molar-refractivity contribution in [2.24, 2.45) is 5.92 Å². The predicted molar refractivity (Wildman–Crippen MR) is 94.5 cm³/mol. The first-order chi connectivity index (χ1) is 12.6. The second-order valence-corrected chi connectivity index (χ2v) is 6.99. The minimum Gasteiger partial charge on any atom is -0.481 e. The van der Waals surface area contributed by atoms with E-state index in [2.05, 4.69) is 6.07 Å². The first-order valence-corrected chi connectivity index (χ1v) is 8.73. The molecule has 2 aromatic rings. The van der Waals surface area contributed by atoms with Gasteiger partial charge in [0.2, 0.25) is 0 Å². The Morgan fingerprint density at radius 2 is 1.96 bits per heavy atom. The van der Waals surface area contributed by atoms with Crippen molar-refractivity contribution in [3.63, 3.8) is 0 Å². The highest BCUT2D eigenvalue weighted by Crippen LogP contribution is 2.45. The number of carboxylic acids is 1. The normalized spacial score (nSPS) is 21.8. The molecule has 2 aromatic carbocycles. The minimum absolute atomic E-state index is 0.127. The maximum absolute atomic E-state index is 13.2. The summed E-state index contributed by atoms with van der Waals surface area (Å²) in [5.41, 5.74) is 2.17. The molecule has 5 nitrogen and oxygen atoms in total. The molecule has 1 aliphatic carbocycles. The summed E-state index contributed by atoms with van der Waals surface area (Å²) in [5, 5.41) is 19.2. The first kappa shape index (κ1) is 16.3. The molecule has 4 rings (SSSR count). The van der Waals surface area contributed by atoms with Gasteiger partial charge in [0, 0.05) is 12.1 Å². The first-order valence-electron chi connectivity index (χ1n) is 8.73. The van der Waals surface area contributed by atoms with Crippen molar-refractivity contribution < 1.29 is 14.7 Å². The fourth-order valence-corrected chi connectivity index (χ4v) is 3.80. The van der Waals surface area contributed by atoms with Crippen LogP contribution < -0.4 is 0 Å². The molecule has 0 unspecified atom stereocenters. The summed E-state index contributed by atoms with van der Waals surface area (Å²) >= 11 is 0. The standard InChI is InChI=1S/C21H18N2O3/c22-11-14-4-3-5-15(10-14)19-18(21(25)26)16-6-1-2-7-17(16)20(24)23(19)12-13-8-9-13/h1-7,10,13,18-19H,8-9,12H2,(H,25,26)/t18-,19-/m0/s1. The predicted octanol–water partition coefficient (Wildman–Crippen LogP) is 3.33. The Hall–Kier alpha value is -3.13. The number of carbonyl (C=O) groups excluding carboxylic acids is 1. The van der Waals surface area contributed by atoms with E-state index >= 15 is 0 Å². The van der Waals surface area contributed by atoms with Crippen molar-refractivity contribution in [3.05, 3.63) is 70.8 Å². The van der Waals surface area contributed by atoms with Gasteiger partial charge in [-0.25, -0.2) is 0 Å². The largest absolute Gasteiger partial charge is 0.481 e. The summed E-state index contributed by atoms with van der Waals surface area (Å²) in [6, 6.07) is 15.4. The molecule has 1 aliphatic heterocycles. The highest BCUT2D eigenvalue weighted by molar-refractivity contribution is 6.00. The van der Waals surface area contributed by atoms with Gasteiger partial charge in [0.05, 0.1) is 17.7 Å². The number of aliphatic carboxylic acids is 1. The van der Waals surface area contributed by atoms with Crippen LogP contribution in [0.15, 0.2) is 48.5 Å². The lowest BCUT2D eigenvalue weighted by Gasteiger charge is -2.41. The second-order valence-electron chi connectivity index (χ2n) is 6.99. The molecule has 1 saturated carbocycles. The number of nitrogens with zero attached hydrogens (tertiary/aromatic N) is 2. The van der Waals surface area contributed by atoms with Gasteiger partial charge >= 0.3 is 5.97 Å². The van der Waals surface area contributed by atoms with E-state index in [1.807, 2.05) is 6.07 Å². The molecular formula is C21H18N2O3. The summed E-state index contributed by atoms with van der Waals surface area (Å²) in [7, 11) is 0. The number of amides is 1. The maximum Gasteiger partial charge on any atom is 0.313 e. The number of hydrogen-bond acceptors (Lipinski definition) is 3. The molecule has 0 saturated heterocycles. The highest BCUT2D eigenvalue weighted by atomic mass is 16.4. The van der Waals surface area contributed by atoms with Crippen molar-refractivity contribution >= 4 is 11.9 Å². The molecule has 0 spiro atoms. The van der Waals surface area contributed by atoms with Gasteiger partial charge in [-0.3, -0.25) is 9.59 Å². The average Bonchev–Trinajstić information content (AvgIpc) is 3.47. The van der Waals surface area contributed by atoms with Gasteiger partial charge in [0.1, 0.15) is 5.92 Å². The van der Waals surface area contributed by atoms with Gasteiger partial charge in [-0.15, -0.1) is 0 Å². The number of benzene rings is 2. The third kappa shape index (κ3) is 2.74.